The lowest BCUT2D eigenvalue weighted by atomic mass is 10.1. The van der Waals surface area contributed by atoms with Gasteiger partial charge in [0.1, 0.15) is 11.9 Å². The largest absolute Gasteiger partial charge is 0.485 e. The molecular weight excluding hydrogens is 219 g/mol. The van der Waals surface area contributed by atoms with Crippen LogP contribution in [0.2, 0.25) is 0 Å². The number of anilines is 1. The van der Waals surface area contributed by atoms with E-state index < -0.39 is 18.7 Å². The van der Waals surface area contributed by atoms with Gasteiger partial charge in [0.25, 0.3) is 0 Å². The van der Waals surface area contributed by atoms with Crippen LogP contribution in [-0.2, 0) is 0 Å². The second-order valence-electron chi connectivity index (χ2n) is 3.63. The van der Waals surface area contributed by atoms with Crippen molar-refractivity contribution in [2.24, 2.45) is 0 Å². The van der Waals surface area contributed by atoms with Crippen LogP contribution in [0.3, 0.4) is 0 Å². The number of nitrogen functional groups attached to an aromatic ring is 1. The quantitative estimate of drug-likeness (QED) is 0.751. The molecule has 1 atom stereocenters. The second kappa shape index (κ2) is 3.73. The van der Waals surface area contributed by atoms with Crippen molar-refractivity contribution in [2.45, 2.75) is 18.7 Å². The molecule has 2 N–H and O–H groups in total. The van der Waals surface area contributed by atoms with Crippen LogP contribution in [-0.4, -0.2) is 12.3 Å². The molecule has 0 fully saturated rings. The SMILES string of the molecule is Nc1ccc2c(c1)OC(CC(F)(F)F)C=C2. The third-order valence-electron chi connectivity index (χ3n) is 2.24. The lowest BCUT2D eigenvalue weighted by Crippen LogP contribution is -2.24. The Morgan fingerprint density at radius 3 is 2.75 bits per heavy atom. The minimum absolute atomic E-state index is 0.400. The zero-order valence-electron chi connectivity index (χ0n) is 8.29. The zero-order chi connectivity index (χ0) is 11.8. The minimum Gasteiger partial charge on any atom is -0.485 e. The molecule has 0 saturated carbocycles. The summed E-state index contributed by atoms with van der Waals surface area (Å²) in [5.74, 6) is 0.400. The number of fused-ring (bicyclic) bond motifs is 1. The van der Waals surface area contributed by atoms with Gasteiger partial charge in [-0.3, -0.25) is 0 Å². The van der Waals surface area contributed by atoms with Crippen LogP contribution in [0.15, 0.2) is 24.3 Å². The third-order valence-corrected chi connectivity index (χ3v) is 2.24. The van der Waals surface area contributed by atoms with E-state index in [0.717, 1.165) is 5.56 Å². The number of hydrogen-bond donors (Lipinski definition) is 1. The molecule has 1 heterocycles. The van der Waals surface area contributed by atoms with E-state index >= 15 is 0 Å². The summed E-state index contributed by atoms with van der Waals surface area (Å²) in [5, 5.41) is 0. The van der Waals surface area contributed by atoms with Gasteiger partial charge in [-0.05, 0) is 18.2 Å². The Labute approximate surface area is 90.5 Å². The molecule has 0 radical (unpaired) electrons. The van der Waals surface area contributed by atoms with Gasteiger partial charge in [0.2, 0.25) is 0 Å². The Morgan fingerprint density at radius 2 is 2.06 bits per heavy atom. The van der Waals surface area contributed by atoms with Crippen LogP contribution in [0.1, 0.15) is 12.0 Å². The Balaban J connectivity index is 2.17. The predicted molar refractivity (Wildman–Crippen MR) is 55.0 cm³/mol. The Kier molecular flexibility index (Phi) is 2.53. The van der Waals surface area contributed by atoms with E-state index in [9.17, 15) is 13.2 Å². The van der Waals surface area contributed by atoms with Gasteiger partial charge in [-0.1, -0.05) is 6.08 Å². The Morgan fingerprint density at radius 1 is 1.31 bits per heavy atom. The fraction of sp³-hybridized carbons (Fsp3) is 0.273. The predicted octanol–water partition coefficient (Wildman–Crippen LogP) is 3.00. The van der Waals surface area contributed by atoms with Crippen LogP contribution in [0, 0.1) is 0 Å². The van der Waals surface area contributed by atoms with Crippen molar-refractivity contribution >= 4 is 11.8 Å². The number of alkyl halides is 3. The van der Waals surface area contributed by atoms with Gasteiger partial charge < -0.3 is 10.5 Å². The maximum absolute atomic E-state index is 12.2. The van der Waals surface area contributed by atoms with Gasteiger partial charge in [0.05, 0.1) is 6.42 Å². The molecule has 2 nitrogen and oxygen atoms in total. The van der Waals surface area contributed by atoms with E-state index in [1.165, 1.54) is 12.1 Å². The molecule has 1 aromatic carbocycles. The molecule has 5 heteroatoms. The Hall–Kier alpha value is -1.65. The molecule has 16 heavy (non-hydrogen) atoms. The highest BCUT2D eigenvalue weighted by Crippen LogP contribution is 2.32. The summed E-state index contributed by atoms with van der Waals surface area (Å²) < 4.78 is 41.7. The van der Waals surface area contributed by atoms with E-state index in [-0.39, 0.29) is 0 Å². The highest BCUT2D eigenvalue weighted by Gasteiger charge is 2.33. The van der Waals surface area contributed by atoms with E-state index in [4.69, 9.17) is 10.5 Å². The maximum atomic E-state index is 12.2. The monoisotopic (exact) mass is 229 g/mol. The minimum atomic E-state index is -4.23. The molecule has 2 rings (SSSR count). The van der Waals surface area contributed by atoms with Crippen molar-refractivity contribution in [1.82, 2.24) is 0 Å². The van der Waals surface area contributed by atoms with Crippen LogP contribution < -0.4 is 10.5 Å². The van der Waals surface area contributed by atoms with Gasteiger partial charge in [-0.25, -0.2) is 0 Å². The molecule has 1 aromatic rings. The summed E-state index contributed by atoms with van der Waals surface area (Å²) in [6.07, 6.45) is -3.15. The summed E-state index contributed by atoms with van der Waals surface area (Å²) in [7, 11) is 0. The molecule has 1 aliphatic rings. The number of hydrogen-bond acceptors (Lipinski definition) is 2. The molecule has 0 bridgehead atoms. The van der Waals surface area contributed by atoms with Crippen molar-refractivity contribution in [1.29, 1.82) is 0 Å². The molecule has 1 aliphatic heterocycles. The van der Waals surface area contributed by atoms with E-state index in [1.807, 2.05) is 0 Å². The summed E-state index contributed by atoms with van der Waals surface area (Å²) in [6, 6.07) is 4.92. The Bertz CT molecular complexity index is 426. The number of halogens is 3. The van der Waals surface area contributed by atoms with Crippen molar-refractivity contribution in [3.05, 3.63) is 29.8 Å². The first-order valence-corrected chi connectivity index (χ1v) is 4.75. The van der Waals surface area contributed by atoms with Crippen LogP contribution >= 0.6 is 0 Å². The highest BCUT2D eigenvalue weighted by molar-refractivity contribution is 5.63. The third kappa shape index (κ3) is 2.48. The van der Waals surface area contributed by atoms with Gasteiger partial charge in [-0.2, -0.15) is 13.2 Å². The number of rotatable bonds is 1. The molecule has 1 unspecified atom stereocenters. The van der Waals surface area contributed by atoms with E-state index in [2.05, 4.69) is 0 Å². The number of ether oxygens (including phenoxy) is 1. The van der Waals surface area contributed by atoms with Crippen molar-refractivity contribution in [3.63, 3.8) is 0 Å². The zero-order valence-corrected chi connectivity index (χ0v) is 8.29. The van der Waals surface area contributed by atoms with Crippen molar-refractivity contribution in [3.8, 4) is 5.75 Å². The average Bonchev–Trinajstić information content (AvgIpc) is 2.14. The summed E-state index contributed by atoms with van der Waals surface area (Å²) >= 11 is 0. The molecular formula is C11H10F3NO. The second-order valence-corrected chi connectivity index (χ2v) is 3.63. The highest BCUT2D eigenvalue weighted by atomic mass is 19.4. The van der Waals surface area contributed by atoms with E-state index in [1.54, 1.807) is 18.2 Å². The summed E-state index contributed by atoms with van der Waals surface area (Å²) in [5.41, 5.74) is 6.74. The average molecular weight is 229 g/mol. The standard InChI is InChI=1S/C11H10F3NO/c12-11(13,14)6-9-4-2-7-1-3-8(15)5-10(7)16-9/h1-5,9H,6,15H2. The lowest BCUT2D eigenvalue weighted by Gasteiger charge is -2.22. The van der Waals surface area contributed by atoms with Gasteiger partial charge in [-0.15, -0.1) is 0 Å². The first-order valence-electron chi connectivity index (χ1n) is 4.75. The summed E-state index contributed by atoms with van der Waals surface area (Å²) in [6.45, 7) is 0. The molecule has 0 saturated heterocycles. The molecule has 0 amide bonds. The molecule has 0 aromatic heterocycles. The van der Waals surface area contributed by atoms with Gasteiger partial charge in [0.15, 0.2) is 0 Å². The lowest BCUT2D eigenvalue weighted by molar-refractivity contribution is -0.146. The van der Waals surface area contributed by atoms with Crippen molar-refractivity contribution < 1.29 is 17.9 Å². The van der Waals surface area contributed by atoms with Gasteiger partial charge in [0, 0.05) is 17.3 Å². The fourth-order valence-corrected chi connectivity index (χ4v) is 1.54. The van der Waals surface area contributed by atoms with E-state index in [0.29, 0.717) is 11.4 Å². The normalized spacial score (nSPS) is 19.1. The van der Waals surface area contributed by atoms with Crippen LogP contribution in [0.4, 0.5) is 18.9 Å². The van der Waals surface area contributed by atoms with Gasteiger partial charge >= 0.3 is 6.18 Å². The molecule has 0 aliphatic carbocycles. The molecule has 0 spiro atoms. The summed E-state index contributed by atoms with van der Waals surface area (Å²) in [4.78, 5) is 0. The topological polar surface area (TPSA) is 35.2 Å². The van der Waals surface area contributed by atoms with Crippen molar-refractivity contribution in [2.75, 3.05) is 5.73 Å². The smallest absolute Gasteiger partial charge is 0.392 e. The van der Waals surface area contributed by atoms with Crippen LogP contribution in [0.25, 0.3) is 6.08 Å². The maximum Gasteiger partial charge on any atom is 0.392 e. The first kappa shape index (κ1) is 10.9. The fourth-order valence-electron chi connectivity index (χ4n) is 1.54. The first-order chi connectivity index (χ1) is 7.44. The van der Waals surface area contributed by atoms with Crippen LogP contribution in [0.5, 0.6) is 5.75 Å². The number of benzene rings is 1. The number of nitrogens with two attached hydrogens (primary N) is 1. The molecule has 86 valence electrons.